The van der Waals surface area contributed by atoms with Gasteiger partial charge in [0.1, 0.15) is 5.82 Å². The van der Waals surface area contributed by atoms with E-state index in [2.05, 4.69) is 9.97 Å². The summed E-state index contributed by atoms with van der Waals surface area (Å²) >= 11 is 0. The van der Waals surface area contributed by atoms with Crippen LogP contribution in [0.5, 0.6) is 0 Å². The third-order valence-corrected chi connectivity index (χ3v) is 2.41. The Labute approximate surface area is 88.1 Å². The monoisotopic (exact) mass is 230 g/mol. The van der Waals surface area contributed by atoms with Gasteiger partial charge in [-0.05, 0) is 0 Å². The molecule has 1 atom stereocenters. The summed E-state index contributed by atoms with van der Waals surface area (Å²) < 4.78 is 25.2. The van der Waals surface area contributed by atoms with Crippen LogP contribution in [0.4, 0.5) is 8.78 Å². The van der Waals surface area contributed by atoms with Gasteiger partial charge >= 0.3 is 5.97 Å². The number of aromatic carboxylic acids is 1. The summed E-state index contributed by atoms with van der Waals surface area (Å²) in [6.45, 7) is 0. The highest BCUT2D eigenvalue weighted by molar-refractivity contribution is 5.85. The Morgan fingerprint density at radius 3 is 2.81 bits per heavy atom. The molecule has 0 spiro atoms. The number of carboxylic acid groups (broad SMARTS) is 1. The average molecular weight is 230 g/mol. The summed E-state index contributed by atoms with van der Waals surface area (Å²) in [7, 11) is 0. The van der Waals surface area contributed by atoms with Gasteiger partial charge in [0.2, 0.25) is 0 Å². The smallest absolute Gasteiger partial charge is 0.354 e. The molecule has 0 bridgehead atoms. The van der Waals surface area contributed by atoms with Gasteiger partial charge in [-0.2, -0.15) is 0 Å². The minimum absolute atomic E-state index is 0.00734. The van der Waals surface area contributed by atoms with Gasteiger partial charge < -0.3 is 10.1 Å². The van der Waals surface area contributed by atoms with Gasteiger partial charge in [-0.25, -0.2) is 18.6 Å². The molecule has 0 amide bonds. The number of aromatic nitrogens is 2. The Kier molecular flexibility index (Phi) is 2.25. The van der Waals surface area contributed by atoms with Gasteiger partial charge in [-0.1, -0.05) is 0 Å². The molecule has 7 heteroatoms. The second-order valence-corrected chi connectivity index (χ2v) is 3.75. The Morgan fingerprint density at radius 1 is 1.69 bits per heavy atom. The number of H-pyrrole nitrogens is 1. The van der Waals surface area contributed by atoms with Crippen molar-refractivity contribution < 1.29 is 18.7 Å². The number of carbonyl (C=O) groups is 1. The lowest BCUT2D eigenvalue weighted by atomic mass is 10.2. The van der Waals surface area contributed by atoms with Crippen molar-refractivity contribution in [2.75, 3.05) is 0 Å². The summed E-state index contributed by atoms with van der Waals surface area (Å²) in [5.74, 6) is -4.92. The lowest BCUT2D eigenvalue weighted by molar-refractivity contribution is 0.0689. The van der Waals surface area contributed by atoms with E-state index in [0.717, 1.165) is 6.07 Å². The number of halogens is 2. The van der Waals surface area contributed by atoms with Gasteiger partial charge in [0.15, 0.2) is 5.69 Å². The lowest BCUT2D eigenvalue weighted by Crippen LogP contribution is -2.16. The van der Waals surface area contributed by atoms with Crippen LogP contribution in [0.25, 0.3) is 0 Å². The molecule has 0 aliphatic heterocycles. The fraction of sp³-hybridized carbons (Fsp3) is 0.444. The summed E-state index contributed by atoms with van der Waals surface area (Å²) in [4.78, 5) is 27.4. The van der Waals surface area contributed by atoms with Gasteiger partial charge in [0.05, 0.1) is 0 Å². The molecule has 1 aromatic rings. The molecule has 0 radical (unpaired) electrons. The van der Waals surface area contributed by atoms with Crippen molar-refractivity contribution in [3.8, 4) is 0 Å². The van der Waals surface area contributed by atoms with E-state index >= 15 is 0 Å². The van der Waals surface area contributed by atoms with Crippen LogP contribution in [-0.2, 0) is 6.42 Å². The van der Waals surface area contributed by atoms with E-state index in [9.17, 15) is 18.4 Å². The maximum absolute atomic E-state index is 12.6. The molecule has 1 aromatic heterocycles. The predicted molar refractivity (Wildman–Crippen MR) is 48.6 cm³/mol. The molecule has 5 nitrogen and oxygen atoms in total. The highest BCUT2D eigenvalue weighted by Gasteiger charge is 2.56. The molecule has 1 aliphatic rings. The Hall–Kier alpha value is -1.79. The molecule has 2 rings (SSSR count). The third kappa shape index (κ3) is 2.07. The van der Waals surface area contributed by atoms with Crippen LogP contribution < -0.4 is 5.56 Å². The summed E-state index contributed by atoms with van der Waals surface area (Å²) in [6.07, 6.45) is -0.350. The van der Waals surface area contributed by atoms with E-state index in [1.54, 1.807) is 0 Å². The first-order chi connectivity index (χ1) is 7.38. The minimum atomic E-state index is -2.71. The maximum Gasteiger partial charge on any atom is 0.354 e. The topological polar surface area (TPSA) is 83.0 Å². The van der Waals surface area contributed by atoms with Gasteiger partial charge in [0, 0.05) is 24.8 Å². The quantitative estimate of drug-likeness (QED) is 0.799. The fourth-order valence-electron chi connectivity index (χ4n) is 1.44. The van der Waals surface area contributed by atoms with Crippen LogP contribution >= 0.6 is 0 Å². The number of alkyl halides is 2. The second-order valence-electron chi connectivity index (χ2n) is 3.75. The molecule has 1 saturated carbocycles. The van der Waals surface area contributed by atoms with Crippen LogP contribution in [0.15, 0.2) is 10.9 Å². The standard InChI is InChI=1S/C9H8F2N2O3/c10-9(11)3-4(9)1-6-12-5(8(15)16)2-7(14)13-6/h2,4H,1,3H2,(H,15,16)(H,12,13,14). The molecular formula is C9H8F2N2O3. The number of hydrogen-bond acceptors (Lipinski definition) is 3. The molecule has 1 fully saturated rings. The van der Waals surface area contributed by atoms with Gasteiger partial charge in [-0.3, -0.25) is 4.79 Å². The van der Waals surface area contributed by atoms with Crippen molar-refractivity contribution in [1.29, 1.82) is 0 Å². The summed E-state index contributed by atoms with van der Waals surface area (Å²) in [5, 5.41) is 8.62. The molecule has 86 valence electrons. The van der Waals surface area contributed by atoms with E-state index < -0.39 is 29.1 Å². The number of hydrogen-bond donors (Lipinski definition) is 2. The summed E-state index contributed by atoms with van der Waals surface area (Å²) in [5.41, 5.74) is -1.07. The molecule has 2 N–H and O–H groups in total. The van der Waals surface area contributed by atoms with Crippen molar-refractivity contribution in [3.63, 3.8) is 0 Å². The van der Waals surface area contributed by atoms with E-state index in [1.807, 2.05) is 0 Å². The normalized spacial score (nSPS) is 21.8. The Bertz CT molecular complexity index is 498. The highest BCUT2D eigenvalue weighted by atomic mass is 19.3. The van der Waals surface area contributed by atoms with E-state index in [-0.39, 0.29) is 18.7 Å². The van der Waals surface area contributed by atoms with Crippen molar-refractivity contribution >= 4 is 5.97 Å². The van der Waals surface area contributed by atoms with Crippen LogP contribution in [0, 0.1) is 5.92 Å². The molecule has 1 unspecified atom stereocenters. The third-order valence-electron chi connectivity index (χ3n) is 2.41. The van der Waals surface area contributed by atoms with Crippen LogP contribution in [0.3, 0.4) is 0 Å². The number of nitrogens with one attached hydrogen (secondary N) is 1. The van der Waals surface area contributed by atoms with Crippen LogP contribution in [0.2, 0.25) is 0 Å². The number of carboxylic acids is 1. The first kappa shape index (κ1) is 10.7. The second kappa shape index (κ2) is 3.36. The van der Waals surface area contributed by atoms with E-state index in [1.165, 1.54) is 0 Å². The fourth-order valence-corrected chi connectivity index (χ4v) is 1.44. The number of rotatable bonds is 3. The van der Waals surface area contributed by atoms with E-state index in [4.69, 9.17) is 5.11 Å². The zero-order chi connectivity index (χ0) is 11.9. The first-order valence-corrected chi connectivity index (χ1v) is 4.60. The lowest BCUT2D eigenvalue weighted by Gasteiger charge is -2.00. The minimum Gasteiger partial charge on any atom is -0.477 e. The molecular weight excluding hydrogens is 222 g/mol. The molecule has 0 saturated heterocycles. The average Bonchev–Trinajstić information content (AvgIpc) is 2.72. The van der Waals surface area contributed by atoms with Crippen molar-refractivity contribution in [1.82, 2.24) is 9.97 Å². The molecule has 1 aliphatic carbocycles. The Morgan fingerprint density at radius 2 is 2.31 bits per heavy atom. The van der Waals surface area contributed by atoms with Crippen LogP contribution in [-0.4, -0.2) is 27.0 Å². The first-order valence-electron chi connectivity index (χ1n) is 4.60. The molecule has 0 aromatic carbocycles. The SMILES string of the molecule is O=C(O)c1cc(=O)[nH]c(CC2CC2(F)F)n1. The maximum atomic E-state index is 12.6. The van der Waals surface area contributed by atoms with Crippen molar-refractivity contribution in [2.45, 2.75) is 18.8 Å². The Balaban J connectivity index is 2.22. The van der Waals surface area contributed by atoms with Gasteiger partial charge in [0.25, 0.3) is 11.5 Å². The summed E-state index contributed by atoms with van der Waals surface area (Å²) in [6, 6.07) is 0.816. The zero-order valence-electron chi connectivity index (χ0n) is 8.04. The van der Waals surface area contributed by atoms with E-state index in [0.29, 0.717) is 0 Å². The number of nitrogens with zero attached hydrogens (tertiary/aromatic N) is 1. The molecule has 1 heterocycles. The van der Waals surface area contributed by atoms with Gasteiger partial charge in [-0.15, -0.1) is 0 Å². The van der Waals surface area contributed by atoms with Crippen LogP contribution in [0.1, 0.15) is 22.7 Å². The van der Waals surface area contributed by atoms with Crippen molar-refractivity contribution in [2.24, 2.45) is 5.92 Å². The van der Waals surface area contributed by atoms with Crippen molar-refractivity contribution in [3.05, 3.63) is 27.9 Å². The zero-order valence-corrected chi connectivity index (χ0v) is 8.04. The largest absolute Gasteiger partial charge is 0.477 e. The molecule has 16 heavy (non-hydrogen) atoms. The predicted octanol–water partition coefficient (Wildman–Crippen LogP) is 0.666. The number of aromatic amines is 1. The highest BCUT2D eigenvalue weighted by Crippen LogP contribution is 2.49.